The van der Waals surface area contributed by atoms with Crippen LogP contribution in [0.1, 0.15) is 19.4 Å². The Morgan fingerprint density at radius 1 is 1.23 bits per heavy atom. The lowest BCUT2D eigenvalue weighted by atomic mass is 9.86. The highest BCUT2D eigenvalue weighted by molar-refractivity contribution is 8.10. The molecule has 1 heterocycles. The van der Waals surface area contributed by atoms with Crippen LogP contribution in [0, 0.1) is 11.8 Å². The molecular formula is C16H25FO3P2. The molecule has 0 spiro atoms. The number of halogens is 1. The molecule has 1 saturated heterocycles. The van der Waals surface area contributed by atoms with Gasteiger partial charge in [0.1, 0.15) is 12.3 Å². The van der Waals surface area contributed by atoms with Gasteiger partial charge in [-0.2, -0.15) is 0 Å². The zero-order valence-electron chi connectivity index (χ0n) is 13.3. The third-order valence-corrected chi connectivity index (χ3v) is 4.99. The smallest absolute Gasteiger partial charge is 0.165 e. The molecule has 1 fully saturated rings. The maximum absolute atomic E-state index is 14.5. The Morgan fingerprint density at radius 2 is 1.91 bits per heavy atom. The average Bonchev–Trinajstić information content (AvgIpc) is 2.50. The van der Waals surface area contributed by atoms with Gasteiger partial charge in [0.05, 0.1) is 13.2 Å². The van der Waals surface area contributed by atoms with Crippen molar-refractivity contribution in [3.63, 3.8) is 0 Å². The third-order valence-electron chi connectivity index (χ3n) is 4.09. The van der Waals surface area contributed by atoms with Crippen molar-refractivity contribution in [1.82, 2.24) is 0 Å². The Kier molecular flexibility index (Phi) is 7.18. The van der Waals surface area contributed by atoms with E-state index >= 15 is 0 Å². The summed E-state index contributed by atoms with van der Waals surface area (Å²) in [7, 11) is 2.02. The van der Waals surface area contributed by atoms with Crippen molar-refractivity contribution >= 4 is 16.8 Å². The minimum absolute atomic E-state index is 0.0332. The van der Waals surface area contributed by atoms with Crippen LogP contribution in [-0.2, 0) is 20.6 Å². The molecular weight excluding hydrogens is 321 g/mol. The van der Waals surface area contributed by atoms with Crippen LogP contribution in [0.15, 0.2) is 30.3 Å². The molecule has 124 valence electrons. The molecule has 2 rings (SSSR count). The monoisotopic (exact) mass is 346 g/mol. The van der Waals surface area contributed by atoms with E-state index < -0.39 is 20.1 Å². The zero-order valence-corrected chi connectivity index (χ0v) is 15.4. The first-order chi connectivity index (χ1) is 10.5. The fourth-order valence-corrected chi connectivity index (χ4v) is 3.46. The SMILES string of the molecule is CC1[C@H](OP(C)P)OC(COCc2ccccc2)[C@@H](F)[C@@H]1C. The summed E-state index contributed by atoms with van der Waals surface area (Å²) in [5.74, 6) is -0.0742. The highest BCUT2D eigenvalue weighted by Crippen LogP contribution is 2.46. The molecule has 0 saturated carbocycles. The first-order valence-electron chi connectivity index (χ1n) is 7.55. The number of hydrogen-bond acceptors (Lipinski definition) is 3. The van der Waals surface area contributed by atoms with Crippen LogP contribution in [0.2, 0.25) is 0 Å². The van der Waals surface area contributed by atoms with Gasteiger partial charge in [0.2, 0.25) is 0 Å². The van der Waals surface area contributed by atoms with Crippen molar-refractivity contribution < 1.29 is 18.4 Å². The zero-order chi connectivity index (χ0) is 16.1. The quantitative estimate of drug-likeness (QED) is 0.716. The van der Waals surface area contributed by atoms with Crippen molar-refractivity contribution in [2.45, 2.75) is 39.0 Å². The van der Waals surface area contributed by atoms with Gasteiger partial charge in [0.25, 0.3) is 0 Å². The summed E-state index contributed by atoms with van der Waals surface area (Å²) in [5, 5.41) is 0. The van der Waals surface area contributed by atoms with Crippen LogP contribution in [0.5, 0.6) is 0 Å². The van der Waals surface area contributed by atoms with Gasteiger partial charge in [-0.15, -0.1) is 0 Å². The summed E-state index contributed by atoms with van der Waals surface area (Å²) in [5.41, 5.74) is 1.07. The summed E-state index contributed by atoms with van der Waals surface area (Å²) >= 11 is 0. The number of benzene rings is 1. The van der Waals surface area contributed by atoms with E-state index in [1.54, 1.807) is 0 Å². The second-order valence-corrected chi connectivity index (χ2v) is 9.34. The fraction of sp³-hybridized carbons (Fsp3) is 0.625. The number of hydrogen-bond donors (Lipinski definition) is 0. The fourth-order valence-electron chi connectivity index (χ4n) is 2.53. The maximum Gasteiger partial charge on any atom is 0.165 e. The number of alkyl halides is 1. The van der Waals surface area contributed by atoms with Gasteiger partial charge >= 0.3 is 0 Å². The molecule has 0 aromatic heterocycles. The molecule has 22 heavy (non-hydrogen) atoms. The highest BCUT2D eigenvalue weighted by atomic mass is 32.0. The van der Waals surface area contributed by atoms with Gasteiger partial charge in [0, 0.05) is 13.8 Å². The predicted molar refractivity (Wildman–Crippen MR) is 91.6 cm³/mol. The summed E-state index contributed by atoms with van der Waals surface area (Å²) in [6, 6.07) is 9.86. The number of rotatable bonds is 6. The second-order valence-electron chi connectivity index (χ2n) is 5.86. The first-order valence-corrected chi connectivity index (χ1v) is 10.9. The molecule has 4 unspecified atom stereocenters. The molecule has 1 aromatic carbocycles. The van der Waals surface area contributed by atoms with Gasteiger partial charge in [-0.05, 0) is 18.1 Å². The number of ether oxygens (including phenoxy) is 2. The standard InChI is InChI=1S/C16H25FO3P2/c1-11-12(2)16(20-22(3)21)19-14(15(11)17)10-18-9-13-7-5-4-6-8-13/h4-8,11-12,14-16H,9-10,21H2,1-3H3/t11-,12?,14?,15+,16+,22?/m1/s1. The van der Waals surface area contributed by atoms with Gasteiger partial charge < -0.3 is 14.0 Å². The Bertz CT molecular complexity index is 446. The first kappa shape index (κ1) is 18.2. The van der Waals surface area contributed by atoms with Gasteiger partial charge in [-0.25, -0.2) is 4.39 Å². The van der Waals surface area contributed by atoms with Gasteiger partial charge in [-0.3, -0.25) is 0 Å². The summed E-state index contributed by atoms with van der Waals surface area (Å²) in [4.78, 5) is 0. The molecule has 3 nitrogen and oxygen atoms in total. The molecule has 0 amide bonds. The highest BCUT2D eigenvalue weighted by Gasteiger charge is 2.42. The Hall–Kier alpha value is -0.110. The summed E-state index contributed by atoms with van der Waals surface area (Å²) < 4.78 is 31.7. The van der Waals surface area contributed by atoms with Crippen LogP contribution in [-0.4, -0.2) is 31.8 Å². The van der Waals surface area contributed by atoms with E-state index in [1.165, 1.54) is 0 Å². The normalized spacial score (nSPS) is 33.6. The topological polar surface area (TPSA) is 27.7 Å². The average molecular weight is 346 g/mol. The van der Waals surface area contributed by atoms with Crippen LogP contribution >= 0.6 is 16.8 Å². The third kappa shape index (κ3) is 4.94. The summed E-state index contributed by atoms with van der Waals surface area (Å²) in [6.07, 6.45) is -1.96. The van der Waals surface area contributed by atoms with E-state index in [9.17, 15) is 4.39 Å². The molecule has 1 aromatic rings. The van der Waals surface area contributed by atoms with E-state index in [-0.39, 0.29) is 24.7 Å². The summed E-state index contributed by atoms with van der Waals surface area (Å²) in [6.45, 7) is 6.59. The maximum atomic E-state index is 14.5. The van der Waals surface area contributed by atoms with Crippen LogP contribution in [0.4, 0.5) is 4.39 Å². The molecule has 0 aliphatic carbocycles. The van der Waals surface area contributed by atoms with Crippen molar-refractivity contribution in [1.29, 1.82) is 0 Å². The minimum Gasteiger partial charge on any atom is -0.374 e. The van der Waals surface area contributed by atoms with Crippen molar-refractivity contribution in [2.24, 2.45) is 11.8 Å². The predicted octanol–water partition coefficient (Wildman–Crippen LogP) is 4.37. The Labute approximate surface area is 135 Å². The molecule has 7 atom stereocenters. The molecule has 1 aliphatic rings. The minimum atomic E-state index is -1.03. The van der Waals surface area contributed by atoms with Crippen LogP contribution < -0.4 is 0 Å². The van der Waals surface area contributed by atoms with E-state index in [4.69, 9.17) is 14.0 Å². The van der Waals surface area contributed by atoms with E-state index in [0.717, 1.165) is 5.56 Å². The van der Waals surface area contributed by atoms with Crippen molar-refractivity contribution in [3.05, 3.63) is 35.9 Å². The van der Waals surface area contributed by atoms with E-state index in [2.05, 4.69) is 8.93 Å². The lowest BCUT2D eigenvalue weighted by Gasteiger charge is -2.41. The van der Waals surface area contributed by atoms with E-state index in [1.807, 2.05) is 50.8 Å². The lowest BCUT2D eigenvalue weighted by Crippen LogP contribution is -2.49. The van der Waals surface area contributed by atoms with Crippen molar-refractivity contribution in [3.8, 4) is 0 Å². The second kappa shape index (κ2) is 8.66. The molecule has 6 heteroatoms. The van der Waals surface area contributed by atoms with Gasteiger partial charge in [-0.1, -0.05) is 53.1 Å². The van der Waals surface area contributed by atoms with Crippen LogP contribution in [0.3, 0.4) is 0 Å². The van der Waals surface area contributed by atoms with E-state index in [0.29, 0.717) is 6.61 Å². The molecule has 0 N–H and O–H groups in total. The Balaban J connectivity index is 1.88. The molecule has 0 bridgehead atoms. The van der Waals surface area contributed by atoms with Crippen molar-refractivity contribution in [2.75, 3.05) is 13.3 Å². The van der Waals surface area contributed by atoms with Gasteiger partial charge in [0.15, 0.2) is 6.29 Å². The lowest BCUT2D eigenvalue weighted by molar-refractivity contribution is -0.226. The van der Waals surface area contributed by atoms with Crippen LogP contribution in [0.25, 0.3) is 0 Å². The largest absolute Gasteiger partial charge is 0.374 e. The molecule has 1 aliphatic heterocycles. The Morgan fingerprint density at radius 3 is 2.55 bits per heavy atom. The molecule has 0 radical (unpaired) electrons.